The van der Waals surface area contributed by atoms with Gasteiger partial charge in [0.05, 0.1) is 18.6 Å². The Bertz CT molecular complexity index is 672. The van der Waals surface area contributed by atoms with Crippen molar-refractivity contribution in [3.63, 3.8) is 0 Å². The van der Waals surface area contributed by atoms with Gasteiger partial charge in [0.15, 0.2) is 5.78 Å². The predicted molar refractivity (Wildman–Crippen MR) is 104 cm³/mol. The molecule has 0 aliphatic heterocycles. The van der Waals surface area contributed by atoms with E-state index in [0.717, 1.165) is 0 Å². The number of hydrogen-bond donors (Lipinski definition) is 0. The van der Waals surface area contributed by atoms with E-state index in [0.29, 0.717) is 18.4 Å². The Balaban J connectivity index is 3.42. The summed E-state index contributed by atoms with van der Waals surface area (Å²) in [7, 11) is 0. The van der Waals surface area contributed by atoms with E-state index in [1.165, 1.54) is 24.3 Å². The second-order valence-corrected chi connectivity index (χ2v) is 8.20. The monoisotopic (exact) mass is 394 g/mol. The molecule has 0 saturated heterocycles. The van der Waals surface area contributed by atoms with Crippen LogP contribution in [0.25, 0.3) is 0 Å². The molecule has 1 aromatic rings. The van der Waals surface area contributed by atoms with Crippen LogP contribution >= 0.6 is 0 Å². The highest BCUT2D eigenvalue weighted by Crippen LogP contribution is 2.37. The molecule has 0 N–H and O–H groups in total. The van der Waals surface area contributed by atoms with Crippen LogP contribution in [0.1, 0.15) is 59.9 Å². The summed E-state index contributed by atoms with van der Waals surface area (Å²) in [5.74, 6) is -4.54. The van der Waals surface area contributed by atoms with Crippen molar-refractivity contribution in [2.75, 3.05) is 13.2 Å². The first-order valence-corrected chi connectivity index (χ1v) is 9.60. The molecule has 156 valence electrons. The van der Waals surface area contributed by atoms with Gasteiger partial charge in [0.1, 0.15) is 5.82 Å². The van der Waals surface area contributed by atoms with E-state index in [-0.39, 0.29) is 18.6 Å². The molecule has 0 amide bonds. The standard InChI is InChI=1S/C22H31FO5/c1-7-27-19(25)17(20(26)28-8-2)18(24)22(6,14-13-21(3,4)5)15-9-11-16(23)12-10-15/h9-12,17H,7-8,13-14H2,1-6H3. The van der Waals surface area contributed by atoms with E-state index < -0.39 is 34.9 Å². The lowest BCUT2D eigenvalue weighted by atomic mass is 9.69. The topological polar surface area (TPSA) is 69.7 Å². The van der Waals surface area contributed by atoms with E-state index in [9.17, 15) is 18.8 Å². The van der Waals surface area contributed by atoms with Gasteiger partial charge in [0, 0.05) is 0 Å². The fourth-order valence-corrected chi connectivity index (χ4v) is 2.93. The summed E-state index contributed by atoms with van der Waals surface area (Å²) in [4.78, 5) is 38.4. The molecule has 0 saturated carbocycles. The summed E-state index contributed by atoms with van der Waals surface area (Å²) >= 11 is 0. The van der Waals surface area contributed by atoms with Crippen molar-refractivity contribution in [3.8, 4) is 0 Å². The molecule has 0 aromatic heterocycles. The number of carbonyl (C=O) groups is 3. The highest BCUT2D eigenvalue weighted by molar-refractivity contribution is 6.18. The number of benzene rings is 1. The second-order valence-electron chi connectivity index (χ2n) is 8.20. The van der Waals surface area contributed by atoms with Crippen LogP contribution in [0.5, 0.6) is 0 Å². The van der Waals surface area contributed by atoms with Crippen LogP contribution < -0.4 is 0 Å². The minimum Gasteiger partial charge on any atom is -0.465 e. The third-order valence-electron chi connectivity index (χ3n) is 4.71. The van der Waals surface area contributed by atoms with Gasteiger partial charge in [-0.25, -0.2) is 4.39 Å². The first-order valence-electron chi connectivity index (χ1n) is 9.60. The second kappa shape index (κ2) is 9.80. The van der Waals surface area contributed by atoms with Gasteiger partial charge in [0.2, 0.25) is 5.92 Å². The summed E-state index contributed by atoms with van der Waals surface area (Å²) in [6, 6.07) is 5.57. The first-order chi connectivity index (χ1) is 13.0. The average Bonchev–Trinajstić information content (AvgIpc) is 2.60. The highest BCUT2D eigenvalue weighted by atomic mass is 19.1. The fourth-order valence-electron chi connectivity index (χ4n) is 2.93. The summed E-state index contributed by atoms with van der Waals surface area (Å²) in [5, 5.41) is 0. The van der Waals surface area contributed by atoms with Crippen LogP contribution in [-0.2, 0) is 29.3 Å². The molecule has 0 heterocycles. The van der Waals surface area contributed by atoms with Gasteiger partial charge in [-0.3, -0.25) is 14.4 Å². The number of carbonyl (C=O) groups excluding carboxylic acids is 3. The summed E-state index contributed by atoms with van der Waals surface area (Å²) < 4.78 is 23.4. The van der Waals surface area contributed by atoms with Gasteiger partial charge in [-0.15, -0.1) is 0 Å². The summed E-state index contributed by atoms with van der Waals surface area (Å²) in [6.45, 7) is 11.1. The van der Waals surface area contributed by atoms with Crippen LogP contribution in [0.15, 0.2) is 24.3 Å². The van der Waals surface area contributed by atoms with Gasteiger partial charge in [-0.05, 0) is 56.7 Å². The molecule has 5 nitrogen and oxygen atoms in total. The van der Waals surface area contributed by atoms with E-state index in [1.807, 2.05) is 20.8 Å². The molecule has 0 radical (unpaired) electrons. The molecule has 1 rings (SSSR count). The largest absolute Gasteiger partial charge is 0.465 e. The molecule has 0 fully saturated rings. The Morgan fingerprint density at radius 2 is 1.36 bits per heavy atom. The zero-order chi connectivity index (χ0) is 21.5. The zero-order valence-electron chi connectivity index (χ0n) is 17.6. The number of rotatable bonds is 9. The minimum absolute atomic E-state index is 0.0390. The van der Waals surface area contributed by atoms with Crippen LogP contribution in [0.4, 0.5) is 4.39 Å². The number of Topliss-reactive ketones (excluding diaryl/α,β-unsaturated/α-hetero) is 1. The Kier molecular flexibility index (Phi) is 8.33. The molecular weight excluding hydrogens is 363 g/mol. The molecule has 6 heteroatoms. The Labute approximate surface area is 166 Å². The lowest BCUT2D eigenvalue weighted by Gasteiger charge is -2.33. The van der Waals surface area contributed by atoms with Gasteiger partial charge < -0.3 is 9.47 Å². The smallest absolute Gasteiger partial charge is 0.328 e. The van der Waals surface area contributed by atoms with Gasteiger partial charge in [-0.1, -0.05) is 32.9 Å². The number of hydrogen-bond acceptors (Lipinski definition) is 5. The maximum absolute atomic E-state index is 13.5. The van der Waals surface area contributed by atoms with E-state index in [4.69, 9.17) is 9.47 Å². The fraction of sp³-hybridized carbons (Fsp3) is 0.591. The maximum atomic E-state index is 13.5. The van der Waals surface area contributed by atoms with Gasteiger partial charge in [0.25, 0.3) is 0 Å². The van der Waals surface area contributed by atoms with Crippen molar-refractivity contribution in [3.05, 3.63) is 35.6 Å². The predicted octanol–water partition coefficient (Wildman–Crippen LogP) is 4.22. The van der Waals surface area contributed by atoms with Crippen LogP contribution in [0, 0.1) is 17.2 Å². The Morgan fingerprint density at radius 3 is 1.75 bits per heavy atom. The van der Waals surface area contributed by atoms with E-state index in [2.05, 4.69) is 0 Å². The molecule has 0 spiro atoms. The number of ether oxygens (including phenoxy) is 2. The summed E-state index contributed by atoms with van der Waals surface area (Å²) in [5.41, 5.74) is -0.711. The first kappa shape index (κ1) is 23.8. The lowest BCUT2D eigenvalue weighted by Crippen LogP contribution is -2.46. The average molecular weight is 394 g/mol. The van der Waals surface area contributed by atoms with Crippen molar-refractivity contribution in [2.24, 2.45) is 11.3 Å². The van der Waals surface area contributed by atoms with E-state index >= 15 is 0 Å². The number of ketones is 1. The zero-order valence-corrected chi connectivity index (χ0v) is 17.6. The van der Waals surface area contributed by atoms with Gasteiger partial charge in [-0.2, -0.15) is 0 Å². The van der Waals surface area contributed by atoms with Crippen LogP contribution in [0.3, 0.4) is 0 Å². The summed E-state index contributed by atoms with van der Waals surface area (Å²) in [6.07, 6.45) is 1.04. The third kappa shape index (κ3) is 6.14. The molecule has 0 aliphatic carbocycles. The number of halogens is 1. The normalized spacial score (nSPS) is 13.7. The van der Waals surface area contributed by atoms with Crippen molar-refractivity contribution < 1.29 is 28.2 Å². The molecule has 0 aliphatic rings. The molecule has 1 unspecified atom stereocenters. The highest BCUT2D eigenvalue weighted by Gasteiger charge is 2.47. The molecule has 1 aromatic carbocycles. The van der Waals surface area contributed by atoms with Crippen LogP contribution in [0.2, 0.25) is 0 Å². The molecule has 0 bridgehead atoms. The Hall–Kier alpha value is -2.24. The molecular formula is C22H31FO5. The van der Waals surface area contributed by atoms with E-state index in [1.54, 1.807) is 20.8 Å². The lowest BCUT2D eigenvalue weighted by molar-refractivity contribution is -0.165. The number of esters is 2. The molecule has 1 atom stereocenters. The maximum Gasteiger partial charge on any atom is 0.328 e. The van der Waals surface area contributed by atoms with Gasteiger partial charge >= 0.3 is 11.9 Å². The minimum atomic E-state index is -1.67. The molecule has 28 heavy (non-hydrogen) atoms. The van der Waals surface area contributed by atoms with Crippen LogP contribution in [-0.4, -0.2) is 30.9 Å². The quantitative estimate of drug-likeness (QED) is 0.463. The Morgan fingerprint density at radius 1 is 0.893 bits per heavy atom. The third-order valence-corrected chi connectivity index (χ3v) is 4.71. The van der Waals surface area contributed by atoms with Crippen molar-refractivity contribution in [2.45, 2.75) is 59.8 Å². The van der Waals surface area contributed by atoms with Crippen molar-refractivity contribution in [1.29, 1.82) is 0 Å². The SMILES string of the molecule is CCOC(=O)C(C(=O)OCC)C(=O)C(C)(CCC(C)(C)C)c1ccc(F)cc1. The van der Waals surface area contributed by atoms with Crippen molar-refractivity contribution in [1.82, 2.24) is 0 Å². The van der Waals surface area contributed by atoms with Crippen molar-refractivity contribution >= 4 is 17.7 Å².